The Morgan fingerprint density at radius 1 is 1.25 bits per heavy atom. The van der Waals surface area contributed by atoms with Gasteiger partial charge in [-0.05, 0) is 25.7 Å². The van der Waals surface area contributed by atoms with Crippen molar-refractivity contribution in [1.29, 1.82) is 0 Å². The second-order valence-corrected chi connectivity index (χ2v) is 5.92. The van der Waals surface area contributed by atoms with Gasteiger partial charge >= 0.3 is 12.0 Å². The van der Waals surface area contributed by atoms with E-state index in [9.17, 15) is 14.4 Å². The van der Waals surface area contributed by atoms with Crippen molar-refractivity contribution in [2.24, 2.45) is 17.1 Å². The predicted molar refractivity (Wildman–Crippen MR) is 72.9 cm³/mol. The number of likely N-dealkylation sites (tertiary alicyclic amines) is 1. The van der Waals surface area contributed by atoms with Crippen LogP contribution in [0.4, 0.5) is 4.79 Å². The summed E-state index contributed by atoms with van der Waals surface area (Å²) in [5.41, 5.74) is 4.31. The number of carboxylic acids is 1. The van der Waals surface area contributed by atoms with Gasteiger partial charge in [-0.3, -0.25) is 9.59 Å². The number of rotatable bonds is 4. The van der Waals surface area contributed by atoms with Gasteiger partial charge in [0, 0.05) is 13.1 Å². The highest BCUT2D eigenvalue weighted by molar-refractivity contribution is 5.87. The van der Waals surface area contributed by atoms with Gasteiger partial charge < -0.3 is 21.1 Å². The van der Waals surface area contributed by atoms with E-state index in [-0.39, 0.29) is 11.8 Å². The number of piperidine rings is 1. The summed E-state index contributed by atoms with van der Waals surface area (Å²) in [5, 5.41) is 11.6. The van der Waals surface area contributed by atoms with Gasteiger partial charge in [-0.2, -0.15) is 0 Å². The number of nitrogens with two attached hydrogens (primary N) is 1. The molecule has 0 aromatic heterocycles. The molecule has 0 aromatic rings. The molecule has 1 heterocycles. The Morgan fingerprint density at radius 3 is 2.10 bits per heavy atom. The zero-order chi connectivity index (χ0) is 15.5. The van der Waals surface area contributed by atoms with E-state index in [2.05, 4.69) is 5.32 Å². The third-order valence-electron chi connectivity index (χ3n) is 3.93. The van der Waals surface area contributed by atoms with Crippen molar-refractivity contribution in [3.8, 4) is 0 Å². The molecule has 0 saturated carbocycles. The van der Waals surface area contributed by atoms with E-state index >= 15 is 0 Å². The Kier molecular flexibility index (Phi) is 4.97. The van der Waals surface area contributed by atoms with Crippen LogP contribution in [0.15, 0.2) is 0 Å². The van der Waals surface area contributed by atoms with Gasteiger partial charge in [-0.1, -0.05) is 13.8 Å². The van der Waals surface area contributed by atoms with Crippen LogP contribution in [0.5, 0.6) is 0 Å². The van der Waals surface area contributed by atoms with Crippen LogP contribution in [-0.4, -0.2) is 47.0 Å². The first-order valence-corrected chi connectivity index (χ1v) is 6.75. The lowest BCUT2D eigenvalue weighted by Gasteiger charge is -2.38. The second-order valence-electron chi connectivity index (χ2n) is 5.92. The Hall–Kier alpha value is -1.79. The van der Waals surface area contributed by atoms with E-state index in [4.69, 9.17) is 10.8 Å². The Morgan fingerprint density at radius 2 is 1.75 bits per heavy atom. The van der Waals surface area contributed by atoms with Crippen LogP contribution in [0.3, 0.4) is 0 Å². The van der Waals surface area contributed by atoms with Crippen LogP contribution in [0, 0.1) is 11.3 Å². The first kappa shape index (κ1) is 16.3. The number of hydrogen-bond acceptors (Lipinski definition) is 3. The number of amides is 3. The van der Waals surface area contributed by atoms with Gasteiger partial charge in [-0.15, -0.1) is 0 Å². The minimum Gasteiger partial charge on any atom is -0.481 e. The summed E-state index contributed by atoms with van der Waals surface area (Å²) in [6, 6.07) is -1.40. The molecule has 3 amide bonds. The zero-order valence-electron chi connectivity index (χ0n) is 12.2. The van der Waals surface area contributed by atoms with Crippen molar-refractivity contribution in [3.63, 3.8) is 0 Å². The number of carbonyl (C=O) groups is 3. The quantitative estimate of drug-likeness (QED) is 0.693. The average molecular weight is 285 g/mol. The number of nitrogens with one attached hydrogen (secondary N) is 1. The summed E-state index contributed by atoms with van der Waals surface area (Å²) in [6.07, 6.45) is 0.824. The highest BCUT2D eigenvalue weighted by Gasteiger charge is 2.39. The number of aliphatic carboxylic acids is 1. The SMILES string of the molecule is CC(C)C(NC(N)=O)C(=O)N1CCC(C)(C(=O)O)CC1. The Balaban J connectivity index is 2.69. The van der Waals surface area contributed by atoms with Crippen LogP contribution < -0.4 is 11.1 Å². The molecule has 1 saturated heterocycles. The number of primary amides is 1. The van der Waals surface area contributed by atoms with Crippen LogP contribution in [-0.2, 0) is 9.59 Å². The molecule has 1 fully saturated rings. The minimum absolute atomic E-state index is 0.0808. The number of carbonyl (C=O) groups excluding carboxylic acids is 2. The number of urea groups is 1. The number of carboxylic acid groups (broad SMARTS) is 1. The molecular formula is C13H23N3O4. The maximum absolute atomic E-state index is 12.4. The molecule has 0 aromatic carbocycles. The van der Waals surface area contributed by atoms with Crippen molar-refractivity contribution in [3.05, 3.63) is 0 Å². The van der Waals surface area contributed by atoms with Gasteiger partial charge in [0.2, 0.25) is 5.91 Å². The van der Waals surface area contributed by atoms with Crippen LogP contribution >= 0.6 is 0 Å². The molecule has 0 bridgehead atoms. The maximum Gasteiger partial charge on any atom is 0.312 e. The molecule has 4 N–H and O–H groups in total. The largest absolute Gasteiger partial charge is 0.481 e. The molecule has 1 aliphatic heterocycles. The van der Waals surface area contributed by atoms with Crippen molar-refractivity contribution in [2.75, 3.05) is 13.1 Å². The summed E-state index contributed by atoms with van der Waals surface area (Å²) < 4.78 is 0. The first-order valence-electron chi connectivity index (χ1n) is 6.75. The molecule has 1 unspecified atom stereocenters. The molecule has 0 radical (unpaired) electrons. The summed E-state index contributed by atoms with van der Waals surface area (Å²) in [6.45, 7) is 6.10. The van der Waals surface area contributed by atoms with E-state index in [1.807, 2.05) is 13.8 Å². The highest BCUT2D eigenvalue weighted by atomic mass is 16.4. The third kappa shape index (κ3) is 3.61. The van der Waals surface area contributed by atoms with E-state index in [1.165, 1.54) is 0 Å². The van der Waals surface area contributed by atoms with Gasteiger partial charge in [-0.25, -0.2) is 4.79 Å². The lowest BCUT2D eigenvalue weighted by molar-refractivity contribution is -0.153. The van der Waals surface area contributed by atoms with Crippen molar-refractivity contribution < 1.29 is 19.5 Å². The number of nitrogens with zero attached hydrogens (tertiary/aromatic N) is 1. The van der Waals surface area contributed by atoms with Crippen LogP contribution in [0.2, 0.25) is 0 Å². The molecule has 0 aliphatic carbocycles. The lowest BCUT2D eigenvalue weighted by Crippen LogP contribution is -2.55. The summed E-state index contributed by atoms with van der Waals surface area (Å²) in [7, 11) is 0. The summed E-state index contributed by atoms with van der Waals surface area (Å²) >= 11 is 0. The van der Waals surface area contributed by atoms with E-state index in [0.717, 1.165) is 0 Å². The fourth-order valence-electron chi connectivity index (χ4n) is 2.30. The van der Waals surface area contributed by atoms with E-state index in [1.54, 1.807) is 11.8 Å². The molecule has 114 valence electrons. The molecular weight excluding hydrogens is 262 g/mol. The average Bonchev–Trinajstić information content (AvgIpc) is 2.35. The lowest BCUT2D eigenvalue weighted by atomic mass is 9.80. The molecule has 7 nitrogen and oxygen atoms in total. The summed E-state index contributed by atoms with van der Waals surface area (Å²) in [4.78, 5) is 36.1. The molecule has 1 aliphatic rings. The van der Waals surface area contributed by atoms with E-state index < -0.39 is 23.5 Å². The molecule has 20 heavy (non-hydrogen) atoms. The summed E-state index contributed by atoms with van der Waals surface area (Å²) in [5.74, 6) is -1.12. The number of hydrogen-bond donors (Lipinski definition) is 3. The standard InChI is InChI=1S/C13H23N3O4/c1-8(2)9(15-12(14)20)10(17)16-6-4-13(3,5-7-16)11(18)19/h8-9H,4-7H2,1-3H3,(H,18,19)(H3,14,15,20). The van der Waals surface area contributed by atoms with Gasteiger partial charge in [0.25, 0.3) is 0 Å². The molecule has 7 heteroatoms. The van der Waals surface area contributed by atoms with Gasteiger partial charge in [0.05, 0.1) is 5.41 Å². The van der Waals surface area contributed by atoms with E-state index in [0.29, 0.717) is 25.9 Å². The van der Waals surface area contributed by atoms with Crippen molar-refractivity contribution in [1.82, 2.24) is 10.2 Å². The highest BCUT2D eigenvalue weighted by Crippen LogP contribution is 2.31. The first-order chi connectivity index (χ1) is 9.17. The zero-order valence-corrected chi connectivity index (χ0v) is 12.2. The van der Waals surface area contributed by atoms with Crippen LogP contribution in [0.1, 0.15) is 33.6 Å². The topological polar surface area (TPSA) is 113 Å². The third-order valence-corrected chi connectivity index (χ3v) is 3.93. The minimum atomic E-state index is -0.833. The maximum atomic E-state index is 12.4. The Labute approximate surface area is 118 Å². The fourth-order valence-corrected chi connectivity index (χ4v) is 2.30. The predicted octanol–water partition coefficient (Wildman–Crippen LogP) is 0.393. The van der Waals surface area contributed by atoms with Gasteiger partial charge in [0.15, 0.2) is 0 Å². The molecule has 0 spiro atoms. The smallest absolute Gasteiger partial charge is 0.312 e. The fraction of sp³-hybridized carbons (Fsp3) is 0.769. The monoisotopic (exact) mass is 285 g/mol. The normalized spacial score (nSPS) is 19.5. The Bertz CT molecular complexity index is 400. The van der Waals surface area contributed by atoms with Crippen molar-refractivity contribution >= 4 is 17.9 Å². The van der Waals surface area contributed by atoms with Gasteiger partial charge in [0.1, 0.15) is 6.04 Å². The molecule has 1 rings (SSSR count). The van der Waals surface area contributed by atoms with Crippen molar-refractivity contribution in [2.45, 2.75) is 39.7 Å². The molecule has 1 atom stereocenters. The van der Waals surface area contributed by atoms with Crippen LogP contribution in [0.25, 0.3) is 0 Å². The second kappa shape index (κ2) is 6.11.